The Balaban J connectivity index is 1.99. The van der Waals surface area contributed by atoms with Crippen molar-refractivity contribution >= 4 is 5.69 Å². The van der Waals surface area contributed by atoms with Gasteiger partial charge in [-0.05, 0) is 43.5 Å². The van der Waals surface area contributed by atoms with E-state index in [4.69, 9.17) is 5.73 Å². The summed E-state index contributed by atoms with van der Waals surface area (Å²) in [4.78, 5) is 11.7. The molecule has 1 aromatic heterocycles. The van der Waals surface area contributed by atoms with Gasteiger partial charge in [0.25, 0.3) is 5.56 Å². The van der Waals surface area contributed by atoms with Gasteiger partial charge >= 0.3 is 0 Å². The lowest BCUT2D eigenvalue weighted by Crippen LogP contribution is -2.21. The lowest BCUT2D eigenvalue weighted by atomic mass is 10.1. The Kier molecular flexibility index (Phi) is 3.82. The predicted octanol–water partition coefficient (Wildman–Crippen LogP) is 2.37. The maximum atomic E-state index is 11.7. The molecule has 0 bridgehead atoms. The minimum Gasteiger partial charge on any atom is -0.399 e. The molecule has 0 aliphatic carbocycles. The molecule has 94 valence electrons. The van der Waals surface area contributed by atoms with Crippen LogP contribution < -0.4 is 11.3 Å². The molecule has 3 nitrogen and oxygen atoms in total. The quantitative estimate of drug-likeness (QED) is 0.837. The van der Waals surface area contributed by atoms with E-state index in [-0.39, 0.29) is 5.56 Å². The van der Waals surface area contributed by atoms with Crippen LogP contribution in [0.1, 0.15) is 17.7 Å². The molecule has 0 fully saturated rings. The van der Waals surface area contributed by atoms with Crippen LogP contribution in [0.2, 0.25) is 0 Å². The fourth-order valence-corrected chi connectivity index (χ4v) is 2.10. The van der Waals surface area contributed by atoms with E-state index in [0.29, 0.717) is 0 Å². The summed E-state index contributed by atoms with van der Waals surface area (Å²) in [5.41, 5.74) is 8.83. The van der Waals surface area contributed by atoms with Crippen LogP contribution in [0.4, 0.5) is 5.69 Å². The van der Waals surface area contributed by atoms with Crippen molar-refractivity contribution in [2.24, 2.45) is 0 Å². The highest BCUT2D eigenvalue weighted by Crippen LogP contribution is 2.09. The summed E-state index contributed by atoms with van der Waals surface area (Å²) in [6.07, 6.45) is 1.88. The van der Waals surface area contributed by atoms with E-state index in [9.17, 15) is 4.79 Å². The summed E-state index contributed by atoms with van der Waals surface area (Å²) >= 11 is 0. The third kappa shape index (κ3) is 3.00. The summed E-state index contributed by atoms with van der Waals surface area (Å²) in [6, 6.07) is 13.3. The zero-order valence-corrected chi connectivity index (χ0v) is 10.6. The Labute approximate surface area is 107 Å². The maximum absolute atomic E-state index is 11.7. The number of pyridine rings is 1. The molecule has 18 heavy (non-hydrogen) atoms. The number of anilines is 1. The molecular weight excluding hydrogens is 224 g/mol. The van der Waals surface area contributed by atoms with Gasteiger partial charge < -0.3 is 10.3 Å². The number of hydrogen-bond donors (Lipinski definition) is 1. The van der Waals surface area contributed by atoms with E-state index in [2.05, 4.69) is 6.07 Å². The molecule has 1 heterocycles. The van der Waals surface area contributed by atoms with Crippen LogP contribution >= 0.6 is 0 Å². The van der Waals surface area contributed by atoms with Crippen molar-refractivity contribution in [3.63, 3.8) is 0 Å². The summed E-state index contributed by atoms with van der Waals surface area (Å²) in [5.74, 6) is 0. The third-order valence-electron chi connectivity index (χ3n) is 3.07. The first-order valence-corrected chi connectivity index (χ1v) is 6.18. The van der Waals surface area contributed by atoms with Crippen LogP contribution in [0.3, 0.4) is 0 Å². The van der Waals surface area contributed by atoms with E-state index in [1.54, 1.807) is 12.1 Å². The van der Waals surface area contributed by atoms with Gasteiger partial charge in [0.2, 0.25) is 0 Å². The second kappa shape index (κ2) is 5.54. The molecule has 0 atom stereocenters. The normalized spacial score (nSPS) is 10.5. The van der Waals surface area contributed by atoms with Gasteiger partial charge in [0, 0.05) is 24.0 Å². The number of aromatic nitrogens is 1. The molecule has 3 heteroatoms. The number of benzene rings is 1. The Hall–Kier alpha value is -2.03. The number of nitrogens with zero attached hydrogens (tertiary/aromatic N) is 1. The minimum atomic E-state index is 0.0718. The van der Waals surface area contributed by atoms with E-state index >= 15 is 0 Å². The standard InChI is InChI=1S/C15H18N2O/c1-12-5-2-9-15(18)17(12)10-4-7-13-6-3-8-14(16)11-13/h2-3,5-6,8-9,11H,4,7,10,16H2,1H3. The molecule has 2 N–H and O–H groups in total. The van der Waals surface area contributed by atoms with Crippen molar-refractivity contribution in [1.82, 2.24) is 4.57 Å². The molecule has 1 aromatic carbocycles. The van der Waals surface area contributed by atoms with Crippen molar-refractivity contribution in [2.45, 2.75) is 26.3 Å². The molecule has 0 radical (unpaired) electrons. The van der Waals surface area contributed by atoms with Gasteiger partial charge in [-0.15, -0.1) is 0 Å². The van der Waals surface area contributed by atoms with Gasteiger partial charge in [0.05, 0.1) is 0 Å². The van der Waals surface area contributed by atoms with Gasteiger partial charge in [-0.1, -0.05) is 18.2 Å². The van der Waals surface area contributed by atoms with E-state index < -0.39 is 0 Å². The average molecular weight is 242 g/mol. The van der Waals surface area contributed by atoms with Crippen molar-refractivity contribution in [3.8, 4) is 0 Å². The average Bonchev–Trinajstić information content (AvgIpc) is 2.33. The summed E-state index contributed by atoms with van der Waals surface area (Å²) in [5, 5.41) is 0. The lowest BCUT2D eigenvalue weighted by Gasteiger charge is -2.09. The highest BCUT2D eigenvalue weighted by Gasteiger charge is 2.00. The van der Waals surface area contributed by atoms with Gasteiger partial charge in [-0.2, -0.15) is 0 Å². The largest absolute Gasteiger partial charge is 0.399 e. The molecule has 0 aliphatic heterocycles. The van der Waals surface area contributed by atoms with Crippen LogP contribution in [0.15, 0.2) is 47.3 Å². The number of aryl methyl sites for hydroxylation is 2. The van der Waals surface area contributed by atoms with E-state index in [1.165, 1.54) is 5.56 Å². The van der Waals surface area contributed by atoms with Crippen molar-refractivity contribution in [3.05, 3.63) is 64.1 Å². The van der Waals surface area contributed by atoms with Crippen LogP contribution in [0, 0.1) is 6.92 Å². The summed E-state index contributed by atoms with van der Waals surface area (Å²) < 4.78 is 1.81. The molecular formula is C15H18N2O. The van der Waals surface area contributed by atoms with E-state index in [1.807, 2.05) is 35.8 Å². The molecule has 0 saturated heterocycles. The van der Waals surface area contributed by atoms with Crippen LogP contribution in [-0.2, 0) is 13.0 Å². The Morgan fingerprint density at radius 1 is 1.17 bits per heavy atom. The van der Waals surface area contributed by atoms with Crippen molar-refractivity contribution in [2.75, 3.05) is 5.73 Å². The van der Waals surface area contributed by atoms with Crippen molar-refractivity contribution < 1.29 is 0 Å². The molecule has 0 saturated carbocycles. The monoisotopic (exact) mass is 242 g/mol. The Morgan fingerprint density at radius 3 is 2.67 bits per heavy atom. The van der Waals surface area contributed by atoms with Crippen LogP contribution in [-0.4, -0.2) is 4.57 Å². The minimum absolute atomic E-state index is 0.0718. The summed E-state index contributed by atoms with van der Waals surface area (Å²) in [6.45, 7) is 2.71. The second-order valence-corrected chi connectivity index (χ2v) is 4.51. The second-order valence-electron chi connectivity index (χ2n) is 4.51. The first-order valence-electron chi connectivity index (χ1n) is 6.18. The number of nitrogens with two attached hydrogens (primary N) is 1. The van der Waals surface area contributed by atoms with Crippen LogP contribution in [0.5, 0.6) is 0 Å². The molecule has 2 rings (SSSR count). The molecule has 0 amide bonds. The molecule has 0 spiro atoms. The Bertz CT molecular complexity index is 587. The van der Waals surface area contributed by atoms with Gasteiger partial charge in [0.1, 0.15) is 0 Å². The molecule has 0 aliphatic rings. The first-order chi connectivity index (χ1) is 8.66. The van der Waals surface area contributed by atoms with Gasteiger partial charge in [-0.3, -0.25) is 4.79 Å². The first kappa shape index (κ1) is 12.4. The smallest absolute Gasteiger partial charge is 0.250 e. The zero-order chi connectivity index (χ0) is 13.0. The maximum Gasteiger partial charge on any atom is 0.250 e. The van der Waals surface area contributed by atoms with Crippen LogP contribution in [0.25, 0.3) is 0 Å². The predicted molar refractivity (Wildman–Crippen MR) is 74.6 cm³/mol. The zero-order valence-electron chi connectivity index (χ0n) is 10.6. The summed E-state index contributed by atoms with van der Waals surface area (Å²) in [7, 11) is 0. The molecule has 2 aromatic rings. The Morgan fingerprint density at radius 2 is 1.94 bits per heavy atom. The van der Waals surface area contributed by atoms with E-state index in [0.717, 1.165) is 30.8 Å². The SMILES string of the molecule is Cc1cccc(=O)n1CCCc1cccc(N)c1. The highest BCUT2D eigenvalue weighted by atomic mass is 16.1. The fraction of sp³-hybridized carbons (Fsp3) is 0.267. The fourth-order valence-electron chi connectivity index (χ4n) is 2.10. The topological polar surface area (TPSA) is 48.0 Å². The van der Waals surface area contributed by atoms with Gasteiger partial charge in [0.15, 0.2) is 0 Å². The van der Waals surface area contributed by atoms with Gasteiger partial charge in [-0.25, -0.2) is 0 Å². The highest BCUT2D eigenvalue weighted by molar-refractivity contribution is 5.40. The lowest BCUT2D eigenvalue weighted by molar-refractivity contribution is 0.607. The number of rotatable bonds is 4. The molecule has 0 unspecified atom stereocenters. The third-order valence-corrected chi connectivity index (χ3v) is 3.07. The number of hydrogen-bond acceptors (Lipinski definition) is 2. The van der Waals surface area contributed by atoms with Crippen molar-refractivity contribution in [1.29, 1.82) is 0 Å². The number of nitrogen functional groups attached to an aromatic ring is 1.